The topological polar surface area (TPSA) is 49.5 Å². The monoisotopic (exact) mass is 146 g/mol. The maximum atomic E-state index is 9.32. The molecule has 0 rings (SSSR count). The summed E-state index contributed by atoms with van der Waals surface area (Å²) in [6.07, 6.45) is 0. The van der Waals surface area contributed by atoms with Crippen LogP contribution in [-0.2, 0) is 0 Å². The molecule has 2 atom stereocenters. The van der Waals surface area contributed by atoms with Crippen LogP contribution in [0.5, 0.6) is 0 Å². The van der Waals surface area contributed by atoms with Gasteiger partial charge in [-0.05, 0) is 27.4 Å². The molecule has 0 aromatic carbocycles. The predicted molar refractivity (Wildman–Crippen MR) is 42.6 cm³/mol. The molecule has 0 fully saturated rings. The lowest BCUT2D eigenvalue weighted by Gasteiger charge is -2.32. The van der Waals surface area contributed by atoms with Gasteiger partial charge in [-0.2, -0.15) is 0 Å². The first-order valence-corrected chi connectivity index (χ1v) is 3.61. The molecule has 10 heavy (non-hydrogen) atoms. The molecular weight excluding hydrogens is 128 g/mol. The van der Waals surface area contributed by atoms with Crippen LogP contribution in [0.15, 0.2) is 0 Å². The number of hydrogen-bond donors (Lipinski definition) is 2. The van der Waals surface area contributed by atoms with Crippen molar-refractivity contribution in [2.75, 3.05) is 13.6 Å². The third kappa shape index (κ3) is 2.64. The SMILES string of the molecule is CCN(C)C(C)C(C)(N)O. The van der Waals surface area contributed by atoms with Gasteiger partial charge in [-0.25, -0.2) is 0 Å². The van der Waals surface area contributed by atoms with E-state index in [0.29, 0.717) is 0 Å². The summed E-state index contributed by atoms with van der Waals surface area (Å²) in [6, 6.07) is -0.00231. The predicted octanol–water partition coefficient (Wildman–Crippen LogP) is -0.00620. The number of hydrogen-bond acceptors (Lipinski definition) is 3. The summed E-state index contributed by atoms with van der Waals surface area (Å²) in [4.78, 5) is 2.00. The minimum absolute atomic E-state index is 0.00231. The Hall–Kier alpha value is -0.120. The van der Waals surface area contributed by atoms with Crippen molar-refractivity contribution >= 4 is 0 Å². The van der Waals surface area contributed by atoms with Crippen LogP contribution in [0.3, 0.4) is 0 Å². The fourth-order valence-corrected chi connectivity index (χ4v) is 0.720. The second-order valence-corrected chi connectivity index (χ2v) is 2.98. The molecule has 0 saturated heterocycles. The summed E-state index contributed by atoms with van der Waals surface area (Å²) in [5.41, 5.74) is 4.38. The van der Waals surface area contributed by atoms with Crippen molar-refractivity contribution in [3.05, 3.63) is 0 Å². The molecule has 0 aliphatic heterocycles. The van der Waals surface area contributed by atoms with Crippen molar-refractivity contribution in [1.29, 1.82) is 0 Å². The number of aliphatic hydroxyl groups is 1. The van der Waals surface area contributed by atoms with Crippen LogP contribution in [0.25, 0.3) is 0 Å². The molecule has 0 spiro atoms. The number of nitrogens with zero attached hydrogens (tertiary/aromatic N) is 1. The van der Waals surface area contributed by atoms with E-state index in [-0.39, 0.29) is 6.04 Å². The van der Waals surface area contributed by atoms with E-state index in [2.05, 4.69) is 0 Å². The van der Waals surface area contributed by atoms with Crippen LogP contribution in [0.1, 0.15) is 20.8 Å². The van der Waals surface area contributed by atoms with E-state index < -0.39 is 5.72 Å². The van der Waals surface area contributed by atoms with E-state index in [0.717, 1.165) is 6.54 Å². The maximum absolute atomic E-state index is 9.32. The Morgan fingerprint density at radius 3 is 2.20 bits per heavy atom. The number of nitrogens with two attached hydrogens (primary N) is 1. The second kappa shape index (κ2) is 3.32. The summed E-state index contributed by atoms with van der Waals surface area (Å²) in [5.74, 6) is 0. The molecule has 3 heteroatoms. The first kappa shape index (κ1) is 9.88. The molecule has 3 nitrogen and oxygen atoms in total. The fourth-order valence-electron chi connectivity index (χ4n) is 0.720. The van der Waals surface area contributed by atoms with Crippen LogP contribution in [-0.4, -0.2) is 35.4 Å². The summed E-state index contributed by atoms with van der Waals surface area (Å²) in [7, 11) is 1.94. The van der Waals surface area contributed by atoms with Crippen molar-refractivity contribution in [1.82, 2.24) is 4.90 Å². The van der Waals surface area contributed by atoms with Gasteiger partial charge in [-0.1, -0.05) is 6.92 Å². The molecule has 0 radical (unpaired) electrons. The van der Waals surface area contributed by atoms with Crippen LogP contribution >= 0.6 is 0 Å². The average molecular weight is 146 g/mol. The molecule has 62 valence electrons. The molecule has 0 aliphatic rings. The minimum atomic E-state index is -1.09. The zero-order valence-corrected chi connectivity index (χ0v) is 7.26. The highest BCUT2D eigenvalue weighted by atomic mass is 16.3. The van der Waals surface area contributed by atoms with Gasteiger partial charge in [0.2, 0.25) is 0 Å². The zero-order valence-electron chi connectivity index (χ0n) is 7.26. The lowest BCUT2D eigenvalue weighted by molar-refractivity contribution is -0.0110. The third-order valence-electron chi connectivity index (χ3n) is 2.01. The van der Waals surface area contributed by atoms with Gasteiger partial charge in [0.05, 0.1) is 0 Å². The van der Waals surface area contributed by atoms with Crippen molar-refractivity contribution < 1.29 is 5.11 Å². The molecule has 0 aromatic rings. The summed E-state index contributed by atoms with van der Waals surface area (Å²) < 4.78 is 0. The second-order valence-electron chi connectivity index (χ2n) is 2.98. The molecule has 0 aromatic heterocycles. The van der Waals surface area contributed by atoms with Gasteiger partial charge in [-0.15, -0.1) is 0 Å². The Bertz CT molecular complexity index is 98.3. The lowest BCUT2D eigenvalue weighted by atomic mass is 10.1. The molecule has 0 aliphatic carbocycles. The van der Waals surface area contributed by atoms with Crippen molar-refractivity contribution in [2.24, 2.45) is 5.73 Å². The van der Waals surface area contributed by atoms with Gasteiger partial charge >= 0.3 is 0 Å². The highest BCUT2D eigenvalue weighted by molar-refractivity contribution is 4.78. The molecule has 2 unspecified atom stereocenters. The zero-order chi connectivity index (χ0) is 8.36. The van der Waals surface area contributed by atoms with E-state index in [1.165, 1.54) is 0 Å². The van der Waals surface area contributed by atoms with Crippen LogP contribution < -0.4 is 5.73 Å². The van der Waals surface area contributed by atoms with Gasteiger partial charge in [0, 0.05) is 6.04 Å². The molecule has 0 bridgehead atoms. The Balaban J connectivity index is 3.94. The largest absolute Gasteiger partial charge is 0.375 e. The van der Waals surface area contributed by atoms with E-state index in [4.69, 9.17) is 5.73 Å². The molecular formula is C7H18N2O. The number of rotatable bonds is 3. The number of likely N-dealkylation sites (N-methyl/N-ethyl adjacent to an activating group) is 1. The normalized spacial score (nSPS) is 20.7. The van der Waals surface area contributed by atoms with Gasteiger partial charge in [0.25, 0.3) is 0 Å². The van der Waals surface area contributed by atoms with Crippen molar-refractivity contribution in [3.8, 4) is 0 Å². The summed E-state index contributed by atoms with van der Waals surface area (Å²) in [5, 5.41) is 9.32. The lowest BCUT2D eigenvalue weighted by Crippen LogP contribution is -2.53. The van der Waals surface area contributed by atoms with E-state index >= 15 is 0 Å². The smallest absolute Gasteiger partial charge is 0.126 e. The highest BCUT2D eigenvalue weighted by Crippen LogP contribution is 2.06. The van der Waals surface area contributed by atoms with Crippen molar-refractivity contribution in [3.63, 3.8) is 0 Å². The molecule has 0 heterocycles. The van der Waals surface area contributed by atoms with E-state index in [1.54, 1.807) is 6.92 Å². The van der Waals surface area contributed by atoms with Crippen LogP contribution in [0.2, 0.25) is 0 Å². The Labute approximate surface area is 62.8 Å². The van der Waals surface area contributed by atoms with Gasteiger partial charge in [0.1, 0.15) is 5.72 Å². The van der Waals surface area contributed by atoms with Gasteiger partial charge in [-0.3, -0.25) is 4.90 Å². The Kier molecular flexibility index (Phi) is 3.28. The molecule has 3 N–H and O–H groups in total. The van der Waals surface area contributed by atoms with Gasteiger partial charge in [0.15, 0.2) is 0 Å². The van der Waals surface area contributed by atoms with E-state index in [9.17, 15) is 5.11 Å². The quantitative estimate of drug-likeness (QED) is 0.551. The standard InChI is InChI=1S/C7H18N2O/c1-5-9(4)6(2)7(3,8)10/h6,10H,5,8H2,1-4H3. The van der Waals surface area contributed by atoms with Crippen LogP contribution in [0.4, 0.5) is 0 Å². The summed E-state index contributed by atoms with van der Waals surface area (Å²) in [6.45, 7) is 6.45. The minimum Gasteiger partial charge on any atom is -0.375 e. The first-order valence-electron chi connectivity index (χ1n) is 3.61. The Morgan fingerprint density at radius 1 is 1.70 bits per heavy atom. The van der Waals surface area contributed by atoms with Crippen molar-refractivity contribution in [2.45, 2.75) is 32.5 Å². The highest BCUT2D eigenvalue weighted by Gasteiger charge is 2.25. The molecule has 0 saturated carbocycles. The summed E-state index contributed by atoms with van der Waals surface area (Å²) >= 11 is 0. The third-order valence-corrected chi connectivity index (χ3v) is 2.01. The van der Waals surface area contributed by atoms with Gasteiger partial charge < -0.3 is 10.8 Å². The average Bonchev–Trinajstić information content (AvgIpc) is 1.83. The Morgan fingerprint density at radius 2 is 2.10 bits per heavy atom. The molecule has 0 amide bonds. The first-order chi connectivity index (χ1) is 4.39. The van der Waals surface area contributed by atoms with Crippen LogP contribution in [0, 0.1) is 0 Å². The fraction of sp³-hybridized carbons (Fsp3) is 1.00. The maximum Gasteiger partial charge on any atom is 0.126 e. The van der Waals surface area contributed by atoms with E-state index in [1.807, 2.05) is 25.8 Å².